The third-order valence-electron chi connectivity index (χ3n) is 8.04. The van der Waals surface area contributed by atoms with E-state index >= 15 is 0 Å². The molecule has 12 heteroatoms. The number of nitrogens with zero attached hydrogens (tertiary/aromatic N) is 4. The normalized spacial score (nSPS) is 19.0. The van der Waals surface area contributed by atoms with Crippen LogP contribution in [0.5, 0.6) is 0 Å². The van der Waals surface area contributed by atoms with Crippen molar-refractivity contribution in [3.8, 4) is 11.1 Å². The van der Waals surface area contributed by atoms with Crippen molar-refractivity contribution >= 4 is 29.1 Å². The standard InChI is InChI=1S/C23H26FN5O3.C10H19NO2/c1-23(2,3)18-10-14(6-8-29(18)22(31)32)28-21(30)17-12-27-20-16(17)9-13(11-26-20)15-5-4-7-25-19(15)24;1-10(2,3)13-9(12)11-7-5-4-6-8-11/h4-5,7,9,11-12,14,18H,6,8,10H2,1-3H3,(H,26,27)(H,28,30)(H,31,32);4-8H2,1-3H3. The maximum absolute atomic E-state index is 14.1. The van der Waals surface area contributed by atoms with Crippen molar-refractivity contribution in [1.29, 1.82) is 0 Å². The summed E-state index contributed by atoms with van der Waals surface area (Å²) in [5.74, 6) is -0.878. The van der Waals surface area contributed by atoms with E-state index in [2.05, 4.69) is 20.3 Å². The van der Waals surface area contributed by atoms with Gasteiger partial charge in [-0.05, 0) is 76.5 Å². The monoisotopic (exact) mass is 624 g/mol. The molecule has 244 valence electrons. The highest BCUT2D eigenvalue weighted by Gasteiger charge is 2.39. The number of aromatic amines is 1. The minimum absolute atomic E-state index is 0.154. The number of carboxylic acid groups (broad SMARTS) is 1. The topological polar surface area (TPSA) is 141 Å². The molecular formula is C33H45FN6O5. The number of aromatic nitrogens is 3. The zero-order valence-corrected chi connectivity index (χ0v) is 27.0. The molecule has 45 heavy (non-hydrogen) atoms. The number of hydrogen-bond acceptors (Lipinski definition) is 6. The van der Waals surface area contributed by atoms with Crippen LogP contribution in [0.4, 0.5) is 14.0 Å². The zero-order chi connectivity index (χ0) is 32.9. The van der Waals surface area contributed by atoms with E-state index in [-0.39, 0.29) is 35.1 Å². The van der Waals surface area contributed by atoms with Gasteiger partial charge in [0.1, 0.15) is 11.2 Å². The molecule has 3 amide bonds. The quantitative estimate of drug-likeness (QED) is 0.284. The lowest BCUT2D eigenvalue weighted by molar-refractivity contribution is 0.0215. The minimum atomic E-state index is -0.937. The van der Waals surface area contributed by atoms with Gasteiger partial charge in [0.2, 0.25) is 5.95 Å². The van der Waals surface area contributed by atoms with Gasteiger partial charge in [-0.15, -0.1) is 0 Å². The number of rotatable bonds is 3. The van der Waals surface area contributed by atoms with Gasteiger partial charge in [0.25, 0.3) is 5.91 Å². The fraction of sp³-hybridized carbons (Fsp3) is 0.545. The van der Waals surface area contributed by atoms with Gasteiger partial charge < -0.3 is 29.9 Å². The van der Waals surface area contributed by atoms with E-state index in [1.165, 1.54) is 23.7 Å². The number of ether oxygens (including phenoxy) is 1. The smallest absolute Gasteiger partial charge is 0.410 e. The summed E-state index contributed by atoms with van der Waals surface area (Å²) in [6.07, 6.45) is 7.93. The summed E-state index contributed by atoms with van der Waals surface area (Å²) in [5, 5.41) is 13.2. The van der Waals surface area contributed by atoms with E-state index < -0.39 is 12.0 Å². The summed E-state index contributed by atoms with van der Waals surface area (Å²) >= 11 is 0. The van der Waals surface area contributed by atoms with Gasteiger partial charge in [-0.2, -0.15) is 4.39 Å². The van der Waals surface area contributed by atoms with Crippen LogP contribution < -0.4 is 5.32 Å². The van der Waals surface area contributed by atoms with Crippen molar-refractivity contribution in [2.24, 2.45) is 5.41 Å². The lowest BCUT2D eigenvalue weighted by atomic mass is 9.79. The summed E-state index contributed by atoms with van der Waals surface area (Å²) in [7, 11) is 0. The molecule has 0 radical (unpaired) electrons. The van der Waals surface area contributed by atoms with Crippen molar-refractivity contribution in [1.82, 2.24) is 30.1 Å². The van der Waals surface area contributed by atoms with Crippen LogP contribution in [-0.4, -0.2) is 85.3 Å². The highest BCUT2D eigenvalue weighted by atomic mass is 19.1. The molecule has 5 rings (SSSR count). The van der Waals surface area contributed by atoms with Crippen LogP contribution in [0, 0.1) is 11.4 Å². The Labute approximate surface area is 263 Å². The van der Waals surface area contributed by atoms with Gasteiger partial charge in [-0.1, -0.05) is 20.8 Å². The molecule has 0 spiro atoms. The highest BCUT2D eigenvalue weighted by Crippen LogP contribution is 2.33. The fourth-order valence-electron chi connectivity index (χ4n) is 5.75. The van der Waals surface area contributed by atoms with Crippen LogP contribution in [0.3, 0.4) is 0 Å². The Morgan fingerprint density at radius 1 is 1.07 bits per heavy atom. The second-order valence-electron chi connectivity index (χ2n) is 13.7. The Morgan fingerprint density at radius 3 is 2.40 bits per heavy atom. The van der Waals surface area contributed by atoms with Gasteiger partial charge >= 0.3 is 12.2 Å². The largest absolute Gasteiger partial charge is 0.465 e. The van der Waals surface area contributed by atoms with Crippen molar-refractivity contribution in [2.75, 3.05) is 19.6 Å². The number of nitrogens with one attached hydrogen (secondary N) is 2. The molecule has 2 unspecified atom stereocenters. The summed E-state index contributed by atoms with van der Waals surface area (Å²) in [6, 6.07) is 4.62. The average molecular weight is 625 g/mol. The van der Waals surface area contributed by atoms with Crippen LogP contribution in [0.25, 0.3) is 22.2 Å². The molecule has 0 saturated carbocycles. The van der Waals surface area contributed by atoms with E-state index in [1.807, 2.05) is 41.5 Å². The molecule has 2 saturated heterocycles. The van der Waals surface area contributed by atoms with Gasteiger partial charge in [-0.25, -0.2) is 19.6 Å². The molecule has 3 aromatic rings. The SMILES string of the molecule is CC(C)(C)C1CC(NC(=O)c2c[nH]c3ncc(-c4cccnc4F)cc23)CCN1C(=O)O.CC(C)(C)OC(=O)N1CCCCC1. The first kappa shape index (κ1) is 33.7. The maximum atomic E-state index is 14.1. The number of amides is 3. The fourth-order valence-corrected chi connectivity index (χ4v) is 5.75. The Kier molecular flexibility index (Phi) is 10.3. The van der Waals surface area contributed by atoms with Crippen LogP contribution >= 0.6 is 0 Å². The Hall–Kier alpha value is -4.22. The van der Waals surface area contributed by atoms with Crippen LogP contribution in [0.1, 0.15) is 84.0 Å². The molecule has 2 aliphatic rings. The third-order valence-corrected chi connectivity index (χ3v) is 8.04. The number of pyridine rings is 2. The van der Waals surface area contributed by atoms with Gasteiger partial charge in [0, 0.05) is 66.8 Å². The maximum Gasteiger partial charge on any atom is 0.410 e. The van der Waals surface area contributed by atoms with Crippen LogP contribution in [0.2, 0.25) is 0 Å². The number of carbonyl (C=O) groups excluding carboxylic acids is 2. The molecule has 2 aliphatic heterocycles. The first-order valence-electron chi connectivity index (χ1n) is 15.5. The average Bonchev–Trinajstić information content (AvgIpc) is 3.40. The van der Waals surface area contributed by atoms with Crippen molar-refractivity contribution in [3.63, 3.8) is 0 Å². The second-order valence-corrected chi connectivity index (χ2v) is 13.7. The molecule has 0 bridgehead atoms. The molecular weight excluding hydrogens is 579 g/mol. The molecule has 0 aromatic carbocycles. The van der Waals surface area contributed by atoms with E-state index in [1.54, 1.807) is 29.3 Å². The predicted molar refractivity (Wildman–Crippen MR) is 169 cm³/mol. The minimum Gasteiger partial charge on any atom is -0.465 e. The molecule has 5 heterocycles. The summed E-state index contributed by atoms with van der Waals surface area (Å²) in [5.41, 5.74) is 1.15. The Bertz CT molecular complexity index is 1510. The highest BCUT2D eigenvalue weighted by molar-refractivity contribution is 6.06. The predicted octanol–water partition coefficient (Wildman–Crippen LogP) is 6.46. The first-order valence-corrected chi connectivity index (χ1v) is 15.5. The van der Waals surface area contributed by atoms with E-state index in [0.717, 1.165) is 25.9 Å². The van der Waals surface area contributed by atoms with Crippen LogP contribution in [-0.2, 0) is 4.74 Å². The van der Waals surface area contributed by atoms with E-state index in [4.69, 9.17) is 4.74 Å². The number of H-pyrrole nitrogens is 1. The molecule has 0 aliphatic carbocycles. The summed E-state index contributed by atoms with van der Waals surface area (Å²) in [4.78, 5) is 50.5. The Morgan fingerprint density at radius 2 is 1.78 bits per heavy atom. The third kappa shape index (κ3) is 8.70. The lowest BCUT2D eigenvalue weighted by Crippen LogP contribution is -2.56. The molecule has 11 nitrogen and oxygen atoms in total. The van der Waals surface area contributed by atoms with E-state index in [0.29, 0.717) is 47.1 Å². The van der Waals surface area contributed by atoms with Gasteiger partial charge in [0.15, 0.2) is 0 Å². The number of likely N-dealkylation sites (tertiary alicyclic amines) is 2. The number of fused-ring (bicyclic) bond motifs is 1. The Balaban J connectivity index is 0.000000297. The first-order chi connectivity index (χ1) is 21.1. The van der Waals surface area contributed by atoms with Crippen molar-refractivity contribution in [3.05, 3.63) is 48.3 Å². The van der Waals surface area contributed by atoms with Gasteiger partial charge in [0.05, 0.1) is 5.56 Å². The lowest BCUT2D eigenvalue weighted by Gasteiger charge is -2.44. The summed E-state index contributed by atoms with van der Waals surface area (Å²) in [6.45, 7) is 13.8. The second kappa shape index (κ2) is 13.8. The van der Waals surface area contributed by atoms with Crippen LogP contribution in [0.15, 0.2) is 36.8 Å². The molecule has 3 N–H and O–H groups in total. The zero-order valence-electron chi connectivity index (χ0n) is 27.0. The molecule has 2 atom stereocenters. The van der Waals surface area contributed by atoms with E-state index in [9.17, 15) is 23.9 Å². The summed E-state index contributed by atoms with van der Waals surface area (Å²) < 4.78 is 19.4. The number of hydrogen-bond donors (Lipinski definition) is 3. The van der Waals surface area contributed by atoms with Gasteiger partial charge in [-0.3, -0.25) is 4.79 Å². The van der Waals surface area contributed by atoms with Crippen molar-refractivity contribution < 1.29 is 28.6 Å². The molecule has 3 aromatic heterocycles. The molecule has 2 fully saturated rings. The van der Waals surface area contributed by atoms with Crippen molar-refractivity contribution in [2.45, 2.75) is 91.3 Å². The number of halogens is 1. The number of carbonyl (C=O) groups is 3. The number of piperidine rings is 2.